The Morgan fingerprint density at radius 3 is 2.16 bits per heavy atom. The number of carbonyl (C=O) groups is 1. The van der Waals surface area contributed by atoms with Gasteiger partial charge in [0.15, 0.2) is 17.3 Å². The molecule has 0 aliphatic carbocycles. The third kappa shape index (κ3) is 7.00. The minimum absolute atomic E-state index is 0.283. The molecule has 166 valence electrons. The Hall–Kier alpha value is -3.05. The molecule has 5 nitrogen and oxygen atoms in total. The molecule has 0 bridgehead atoms. The topological polar surface area (TPSA) is 65.0 Å². The summed E-state index contributed by atoms with van der Waals surface area (Å²) in [5.74, 6) is 0.727. The second kappa shape index (κ2) is 12.0. The van der Waals surface area contributed by atoms with Crippen molar-refractivity contribution in [3.05, 3.63) is 76.9 Å². The monoisotopic (exact) mass is 424 g/mol. The summed E-state index contributed by atoms with van der Waals surface area (Å²) in [6, 6.07) is 11.9. The molecule has 2 aromatic rings. The molecule has 0 fully saturated rings. The zero-order valence-electron chi connectivity index (χ0n) is 19.0. The van der Waals surface area contributed by atoms with Crippen molar-refractivity contribution in [3.63, 3.8) is 0 Å². The predicted octanol–water partition coefficient (Wildman–Crippen LogP) is 5.69. The number of hydrogen-bond donors (Lipinski definition) is 1. The summed E-state index contributed by atoms with van der Waals surface area (Å²) < 4.78 is 16.8. The smallest absolute Gasteiger partial charge is 0.203 e. The second-order valence-electron chi connectivity index (χ2n) is 7.57. The summed E-state index contributed by atoms with van der Waals surface area (Å²) in [7, 11) is 3.01. The van der Waals surface area contributed by atoms with Crippen LogP contribution in [-0.2, 0) is 0 Å². The van der Waals surface area contributed by atoms with Gasteiger partial charge >= 0.3 is 0 Å². The molecule has 0 saturated heterocycles. The number of ether oxygens (including phenoxy) is 3. The Labute approximate surface area is 185 Å². The summed E-state index contributed by atoms with van der Waals surface area (Å²) in [4.78, 5) is 12.8. The first-order chi connectivity index (χ1) is 14.9. The fourth-order valence-electron chi connectivity index (χ4n) is 3.07. The van der Waals surface area contributed by atoms with E-state index in [4.69, 9.17) is 14.2 Å². The largest absolute Gasteiger partial charge is 0.493 e. The van der Waals surface area contributed by atoms with E-state index in [-0.39, 0.29) is 5.56 Å². The zero-order chi connectivity index (χ0) is 22.8. The van der Waals surface area contributed by atoms with E-state index in [1.165, 1.54) is 25.4 Å². The number of allylic oxidation sites excluding steroid dienone is 3. The van der Waals surface area contributed by atoms with Gasteiger partial charge in [0, 0.05) is 5.56 Å². The van der Waals surface area contributed by atoms with Crippen LogP contribution in [0.3, 0.4) is 0 Å². The first-order valence-electron chi connectivity index (χ1n) is 10.3. The van der Waals surface area contributed by atoms with Crippen LogP contribution in [0.5, 0.6) is 17.2 Å². The highest BCUT2D eigenvalue weighted by Gasteiger charge is 2.23. The van der Waals surface area contributed by atoms with Crippen molar-refractivity contribution in [2.75, 3.05) is 20.8 Å². The molecule has 1 N–H and O–H groups in total. The van der Waals surface area contributed by atoms with Crippen LogP contribution in [0.2, 0.25) is 0 Å². The number of hydrogen-bond acceptors (Lipinski definition) is 5. The van der Waals surface area contributed by atoms with E-state index in [2.05, 4.69) is 26.8 Å². The molecule has 0 amide bonds. The molecule has 0 saturated carbocycles. The molecule has 1 unspecified atom stereocenters. The minimum atomic E-state index is -1.27. The van der Waals surface area contributed by atoms with E-state index in [0.29, 0.717) is 29.4 Å². The van der Waals surface area contributed by atoms with Crippen molar-refractivity contribution in [2.24, 2.45) is 0 Å². The number of rotatable bonds is 11. The van der Waals surface area contributed by atoms with E-state index in [0.717, 1.165) is 12.8 Å². The van der Waals surface area contributed by atoms with Gasteiger partial charge in [-0.1, -0.05) is 47.6 Å². The number of Topliss-reactive ketones (excluding diaryl/α,β-unsaturated/α-hetero) is 1. The molecule has 0 heterocycles. The highest BCUT2D eigenvalue weighted by Crippen LogP contribution is 2.39. The zero-order valence-corrected chi connectivity index (χ0v) is 19.0. The first kappa shape index (κ1) is 24.2. The molecule has 2 aromatic carbocycles. The summed E-state index contributed by atoms with van der Waals surface area (Å²) in [5, 5.41) is 10.5. The molecular weight excluding hydrogens is 392 g/mol. The van der Waals surface area contributed by atoms with Gasteiger partial charge in [-0.3, -0.25) is 4.79 Å². The SMILES string of the molecule is COc1cc(C(=O)C(O)c2ccccc2)cc(OC)c1OCC=C(C)CCC=C(C)C. The van der Waals surface area contributed by atoms with Gasteiger partial charge in [-0.25, -0.2) is 0 Å². The average Bonchev–Trinajstić information content (AvgIpc) is 2.78. The van der Waals surface area contributed by atoms with E-state index < -0.39 is 11.9 Å². The normalized spacial score (nSPS) is 12.1. The lowest BCUT2D eigenvalue weighted by atomic mass is 9.99. The van der Waals surface area contributed by atoms with Crippen molar-refractivity contribution in [2.45, 2.75) is 39.7 Å². The van der Waals surface area contributed by atoms with Crippen LogP contribution in [0.4, 0.5) is 0 Å². The van der Waals surface area contributed by atoms with Crippen molar-refractivity contribution >= 4 is 5.78 Å². The lowest BCUT2D eigenvalue weighted by Crippen LogP contribution is -2.13. The number of aliphatic hydroxyl groups excluding tert-OH is 1. The number of methoxy groups -OCH3 is 2. The van der Waals surface area contributed by atoms with Crippen LogP contribution in [-0.4, -0.2) is 31.7 Å². The van der Waals surface area contributed by atoms with Gasteiger partial charge in [-0.05, 0) is 57.4 Å². The number of benzene rings is 2. The Balaban J connectivity index is 2.18. The van der Waals surface area contributed by atoms with E-state index in [9.17, 15) is 9.90 Å². The summed E-state index contributed by atoms with van der Waals surface area (Å²) in [6.45, 7) is 6.61. The molecule has 1 atom stereocenters. The van der Waals surface area contributed by atoms with Crippen LogP contribution in [0.15, 0.2) is 65.8 Å². The first-order valence-corrected chi connectivity index (χ1v) is 10.3. The number of ketones is 1. The Bertz CT molecular complexity index is 899. The average molecular weight is 425 g/mol. The third-order valence-corrected chi connectivity index (χ3v) is 4.86. The Morgan fingerprint density at radius 1 is 1.00 bits per heavy atom. The standard InChI is InChI=1S/C26H32O5/c1-18(2)10-9-11-19(3)14-15-31-26-22(29-4)16-21(17-23(26)30-5)25(28)24(27)20-12-7-6-8-13-20/h6-8,10,12-14,16-17,24,27H,9,11,15H2,1-5H3. The lowest BCUT2D eigenvalue weighted by molar-refractivity contribution is 0.0746. The van der Waals surface area contributed by atoms with E-state index in [1.54, 1.807) is 36.4 Å². The van der Waals surface area contributed by atoms with Crippen LogP contribution in [0.1, 0.15) is 55.6 Å². The minimum Gasteiger partial charge on any atom is -0.493 e. The van der Waals surface area contributed by atoms with Crippen molar-refractivity contribution < 1.29 is 24.1 Å². The highest BCUT2D eigenvalue weighted by atomic mass is 16.5. The summed E-state index contributed by atoms with van der Waals surface area (Å²) in [6.07, 6.45) is 4.93. The van der Waals surface area contributed by atoms with Crippen LogP contribution in [0, 0.1) is 0 Å². The molecule has 2 rings (SSSR count). The summed E-state index contributed by atoms with van der Waals surface area (Å²) >= 11 is 0. The maximum absolute atomic E-state index is 12.8. The van der Waals surface area contributed by atoms with Gasteiger partial charge in [0.05, 0.1) is 14.2 Å². The van der Waals surface area contributed by atoms with E-state index in [1.807, 2.05) is 12.1 Å². The fourth-order valence-corrected chi connectivity index (χ4v) is 3.07. The molecule has 0 aliphatic heterocycles. The van der Waals surface area contributed by atoms with Crippen molar-refractivity contribution in [1.29, 1.82) is 0 Å². The van der Waals surface area contributed by atoms with Gasteiger partial charge in [0.25, 0.3) is 0 Å². The molecular formula is C26H32O5. The van der Waals surface area contributed by atoms with Crippen molar-refractivity contribution in [3.8, 4) is 17.2 Å². The Morgan fingerprint density at radius 2 is 1.61 bits per heavy atom. The number of carbonyl (C=O) groups excluding carboxylic acids is 1. The lowest BCUT2D eigenvalue weighted by Gasteiger charge is -2.17. The molecule has 0 radical (unpaired) electrons. The molecule has 0 aromatic heterocycles. The Kier molecular flexibility index (Phi) is 9.35. The third-order valence-electron chi connectivity index (χ3n) is 4.86. The van der Waals surface area contributed by atoms with Gasteiger partial charge in [0.2, 0.25) is 5.75 Å². The number of aliphatic hydroxyl groups is 1. The molecule has 31 heavy (non-hydrogen) atoms. The molecule has 0 aliphatic rings. The maximum atomic E-state index is 12.8. The van der Waals surface area contributed by atoms with Crippen LogP contribution in [0.25, 0.3) is 0 Å². The van der Waals surface area contributed by atoms with Crippen LogP contribution < -0.4 is 14.2 Å². The van der Waals surface area contributed by atoms with Gasteiger partial charge in [-0.15, -0.1) is 0 Å². The second-order valence-corrected chi connectivity index (χ2v) is 7.57. The summed E-state index contributed by atoms with van der Waals surface area (Å²) in [5.41, 5.74) is 3.35. The quantitative estimate of drug-likeness (QED) is 0.371. The predicted molar refractivity (Wildman–Crippen MR) is 123 cm³/mol. The van der Waals surface area contributed by atoms with Crippen molar-refractivity contribution in [1.82, 2.24) is 0 Å². The maximum Gasteiger partial charge on any atom is 0.203 e. The van der Waals surface area contributed by atoms with E-state index >= 15 is 0 Å². The molecule has 0 spiro atoms. The van der Waals surface area contributed by atoms with Gasteiger partial charge < -0.3 is 19.3 Å². The highest BCUT2D eigenvalue weighted by molar-refractivity contribution is 6.01. The van der Waals surface area contributed by atoms with Gasteiger partial charge in [0.1, 0.15) is 12.7 Å². The van der Waals surface area contributed by atoms with Gasteiger partial charge in [-0.2, -0.15) is 0 Å². The molecule has 5 heteroatoms. The fraction of sp³-hybridized carbons (Fsp3) is 0.346. The van der Waals surface area contributed by atoms with Crippen LogP contribution >= 0.6 is 0 Å².